The third-order valence-electron chi connectivity index (χ3n) is 4.23. The van der Waals surface area contributed by atoms with Crippen LogP contribution in [-0.2, 0) is 19.1 Å². The van der Waals surface area contributed by atoms with Gasteiger partial charge in [-0.2, -0.15) is 0 Å². The van der Waals surface area contributed by atoms with Crippen LogP contribution in [-0.4, -0.2) is 64.4 Å². The number of carbonyl (C=O) groups excluding carboxylic acids is 2. The molecule has 6 nitrogen and oxygen atoms in total. The molecule has 0 radical (unpaired) electrons. The second kappa shape index (κ2) is 9.79. The van der Waals surface area contributed by atoms with Crippen molar-refractivity contribution in [2.24, 2.45) is 11.8 Å². The second-order valence-electron chi connectivity index (χ2n) is 6.21. The van der Waals surface area contributed by atoms with E-state index in [4.69, 9.17) is 9.47 Å². The molecule has 1 aliphatic rings. The van der Waals surface area contributed by atoms with Crippen molar-refractivity contribution in [1.82, 2.24) is 0 Å². The molecule has 0 saturated carbocycles. The maximum absolute atomic E-state index is 11.7. The highest BCUT2D eigenvalue weighted by Crippen LogP contribution is 1.96. The van der Waals surface area contributed by atoms with Crippen molar-refractivity contribution < 1.29 is 28.9 Å². The second-order valence-corrected chi connectivity index (χ2v) is 6.21. The number of carbonyl (C=O) groups is 2. The number of nitrogens with one attached hydrogen (secondary N) is 2. The summed E-state index contributed by atoms with van der Waals surface area (Å²) >= 11 is 0. The van der Waals surface area contributed by atoms with Crippen LogP contribution < -0.4 is 9.80 Å². The summed E-state index contributed by atoms with van der Waals surface area (Å²) in [6.07, 6.45) is 0. The van der Waals surface area contributed by atoms with Gasteiger partial charge in [-0.3, -0.25) is 9.59 Å². The lowest BCUT2D eigenvalue weighted by atomic mass is 10.1. The molecule has 128 valence electrons. The Morgan fingerprint density at radius 3 is 1.41 bits per heavy atom. The zero-order valence-corrected chi connectivity index (χ0v) is 14.4. The predicted octanol–water partition coefficient (Wildman–Crippen LogP) is -1.83. The van der Waals surface area contributed by atoms with E-state index >= 15 is 0 Å². The molecule has 1 heterocycles. The van der Waals surface area contributed by atoms with E-state index in [9.17, 15) is 9.59 Å². The van der Waals surface area contributed by atoms with E-state index < -0.39 is 0 Å². The maximum Gasteiger partial charge on any atom is 0.314 e. The minimum atomic E-state index is -0.0966. The van der Waals surface area contributed by atoms with Gasteiger partial charge in [0.15, 0.2) is 0 Å². The van der Waals surface area contributed by atoms with Crippen LogP contribution in [0.2, 0.25) is 0 Å². The number of quaternary nitrogens is 2. The summed E-state index contributed by atoms with van der Waals surface area (Å²) in [7, 11) is 0. The smallest absolute Gasteiger partial charge is 0.314 e. The van der Waals surface area contributed by atoms with Crippen molar-refractivity contribution in [3.63, 3.8) is 0 Å². The number of hydrogen-bond donors (Lipinski definition) is 2. The Bertz CT molecular complexity index is 320. The minimum Gasteiger partial charge on any atom is -0.466 e. The first kappa shape index (κ1) is 18.9. The predicted molar refractivity (Wildman–Crippen MR) is 82.7 cm³/mol. The van der Waals surface area contributed by atoms with Gasteiger partial charge in [0.25, 0.3) is 0 Å². The topological polar surface area (TPSA) is 61.5 Å². The Balaban J connectivity index is 2.28. The van der Waals surface area contributed by atoms with Crippen LogP contribution in [0.3, 0.4) is 0 Å². The van der Waals surface area contributed by atoms with Crippen LogP contribution in [0.5, 0.6) is 0 Å². The molecule has 0 unspecified atom stereocenters. The molecule has 0 bridgehead atoms. The molecule has 0 aromatic rings. The fourth-order valence-corrected chi connectivity index (χ4v) is 2.97. The fourth-order valence-electron chi connectivity index (χ4n) is 2.97. The molecule has 0 aromatic carbocycles. The Morgan fingerprint density at radius 2 is 1.14 bits per heavy atom. The zero-order chi connectivity index (χ0) is 16.5. The van der Waals surface area contributed by atoms with E-state index in [0.717, 1.165) is 39.3 Å². The third-order valence-corrected chi connectivity index (χ3v) is 4.23. The summed E-state index contributed by atoms with van der Waals surface area (Å²) in [5.74, 6) is -0.286. The Morgan fingerprint density at radius 1 is 0.818 bits per heavy atom. The lowest BCUT2D eigenvalue weighted by Gasteiger charge is -2.31. The van der Waals surface area contributed by atoms with E-state index in [1.807, 2.05) is 27.7 Å². The van der Waals surface area contributed by atoms with Crippen LogP contribution in [0.15, 0.2) is 0 Å². The van der Waals surface area contributed by atoms with E-state index in [-0.39, 0.29) is 23.8 Å². The fraction of sp³-hybridized carbons (Fsp3) is 0.875. The van der Waals surface area contributed by atoms with Gasteiger partial charge in [0, 0.05) is 0 Å². The number of piperazine rings is 1. The van der Waals surface area contributed by atoms with Crippen molar-refractivity contribution in [2.45, 2.75) is 27.7 Å². The first-order valence-corrected chi connectivity index (χ1v) is 8.48. The lowest BCUT2D eigenvalue weighted by Crippen LogP contribution is -3.28. The van der Waals surface area contributed by atoms with Gasteiger partial charge < -0.3 is 19.3 Å². The van der Waals surface area contributed by atoms with Gasteiger partial charge in [-0.25, -0.2) is 0 Å². The summed E-state index contributed by atoms with van der Waals surface area (Å²) in [6, 6.07) is 0. The van der Waals surface area contributed by atoms with Crippen LogP contribution in [0, 0.1) is 11.8 Å². The van der Waals surface area contributed by atoms with Gasteiger partial charge in [0.1, 0.15) is 38.0 Å². The average molecular weight is 316 g/mol. The first-order valence-electron chi connectivity index (χ1n) is 8.48. The molecule has 0 spiro atoms. The van der Waals surface area contributed by atoms with Gasteiger partial charge >= 0.3 is 11.9 Å². The Hall–Kier alpha value is -1.14. The molecular weight excluding hydrogens is 284 g/mol. The molecule has 1 fully saturated rings. The van der Waals surface area contributed by atoms with E-state index in [1.165, 1.54) is 9.80 Å². The SMILES string of the molecule is CCOC(=O)[C@H](C)C[NH+]1CC[NH+](C[C@@H](C)C(=O)OCC)CC1. The van der Waals surface area contributed by atoms with E-state index in [0.29, 0.717) is 13.2 Å². The van der Waals surface area contributed by atoms with Crippen molar-refractivity contribution in [3.05, 3.63) is 0 Å². The van der Waals surface area contributed by atoms with Crippen LogP contribution in [0.4, 0.5) is 0 Å². The first-order chi connectivity index (χ1) is 10.5. The summed E-state index contributed by atoms with van der Waals surface area (Å²) in [4.78, 5) is 26.2. The molecule has 1 rings (SSSR count). The molecular formula is C16H32N2O4+2. The summed E-state index contributed by atoms with van der Waals surface area (Å²) in [5.41, 5.74) is 0. The van der Waals surface area contributed by atoms with Crippen molar-refractivity contribution in [1.29, 1.82) is 0 Å². The number of esters is 2. The summed E-state index contributed by atoms with van der Waals surface area (Å²) < 4.78 is 10.1. The molecule has 1 saturated heterocycles. The normalized spacial score (nSPS) is 24.4. The van der Waals surface area contributed by atoms with Crippen LogP contribution in [0.1, 0.15) is 27.7 Å². The highest BCUT2D eigenvalue weighted by molar-refractivity contribution is 5.72. The Labute approximate surface area is 133 Å². The van der Waals surface area contributed by atoms with Crippen molar-refractivity contribution in [2.75, 3.05) is 52.5 Å². The van der Waals surface area contributed by atoms with Crippen molar-refractivity contribution in [3.8, 4) is 0 Å². The largest absolute Gasteiger partial charge is 0.466 e. The summed E-state index contributed by atoms with van der Waals surface area (Å²) in [5, 5.41) is 0. The summed E-state index contributed by atoms with van der Waals surface area (Å²) in [6.45, 7) is 14.3. The average Bonchev–Trinajstić information content (AvgIpc) is 2.49. The van der Waals surface area contributed by atoms with Gasteiger partial charge in [-0.1, -0.05) is 0 Å². The Kier molecular flexibility index (Phi) is 8.42. The van der Waals surface area contributed by atoms with Gasteiger partial charge in [0.05, 0.1) is 26.3 Å². The highest BCUT2D eigenvalue weighted by Gasteiger charge is 2.29. The molecule has 6 heteroatoms. The minimum absolute atomic E-state index is 0.0463. The van der Waals surface area contributed by atoms with Gasteiger partial charge in [0.2, 0.25) is 0 Å². The lowest BCUT2D eigenvalue weighted by molar-refractivity contribution is -1.01. The van der Waals surface area contributed by atoms with Crippen molar-refractivity contribution >= 4 is 11.9 Å². The maximum atomic E-state index is 11.7. The zero-order valence-electron chi connectivity index (χ0n) is 14.4. The molecule has 22 heavy (non-hydrogen) atoms. The number of ether oxygens (including phenoxy) is 2. The molecule has 2 N–H and O–H groups in total. The van der Waals surface area contributed by atoms with Gasteiger partial charge in [-0.05, 0) is 27.7 Å². The molecule has 2 atom stereocenters. The van der Waals surface area contributed by atoms with E-state index in [2.05, 4.69) is 0 Å². The van der Waals surface area contributed by atoms with Gasteiger partial charge in [-0.15, -0.1) is 0 Å². The highest BCUT2D eigenvalue weighted by atomic mass is 16.5. The van der Waals surface area contributed by atoms with E-state index in [1.54, 1.807) is 0 Å². The number of hydrogen-bond acceptors (Lipinski definition) is 4. The standard InChI is InChI=1S/C16H30N2O4/c1-5-21-15(19)13(3)11-17-7-9-18(10-8-17)12-14(4)16(20)22-6-2/h13-14H,5-12H2,1-4H3/p+2/t13-,14-/m1/s1. The molecule has 0 amide bonds. The quantitative estimate of drug-likeness (QED) is 0.517. The van der Waals surface area contributed by atoms with Crippen LogP contribution >= 0.6 is 0 Å². The number of rotatable bonds is 8. The monoisotopic (exact) mass is 316 g/mol. The molecule has 0 aromatic heterocycles. The molecule has 0 aliphatic carbocycles. The molecule has 1 aliphatic heterocycles. The third kappa shape index (κ3) is 6.32. The van der Waals surface area contributed by atoms with Crippen LogP contribution in [0.25, 0.3) is 0 Å².